The molecule has 4 rings (SSSR count). The van der Waals surface area contributed by atoms with Gasteiger partial charge in [-0.15, -0.1) is 0 Å². The van der Waals surface area contributed by atoms with E-state index in [0.29, 0.717) is 37.4 Å². The number of nitrogens with zero attached hydrogens (tertiary/aromatic N) is 3. The van der Waals surface area contributed by atoms with Crippen molar-refractivity contribution in [2.45, 2.75) is 40.2 Å². The maximum atomic E-state index is 12.5. The highest BCUT2D eigenvalue weighted by Gasteiger charge is 2.30. The van der Waals surface area contributed by atoms with Gasteiger partial charge in [-0.25, -0.2) is 13.4 Å². The molecule has 0 fully saturated rings. The van der Waals surface area contributed by atoms with Crippen molar-refractivity contribution >= 4 is 21.1 Å². The topological polar surface area (TPSA) is 94.7 Å². The maximum absolute atomic E-state index is 12.5. The Morgan fingerprint density at radius 1 is 1.23 bits per heavy atom. The molecule has 0 spiro atoms. The average molecular weight is 373 g/mol. The Morgan fingerprint density at radius 2 is 2.00 bits per heavy atom. The van der Waals surface area contributed by atoms with Crippen LogP contribution in [-0.4, -0.2) is 45.2 Å². The smallest absolute Gasteiger partial charge is 0.214 e. The van der Waals surface area contributed by atoms with Crippen molar-refractivity contribution in [3.05, 3.63) is 34.5 Å². The second-order valence-corrected chi connectivity index (χ2v) is 9.06. The van der Waals surface area contributed by atoms with Crippen molar-refractivity contribution in [2.24, 2.45) is 0 Å². The van der Waals surface area contributed by atoms with Crippen molar-refractivity contribution in [1.29, 1.82) is 0 Å². The standard InChI is InChI=1S/C18H23N5O2S/c1-4-7-26(24,25)23-6-5-14-13(10-23)17(22-21-14)18-19-15-8-11(2)12(3)9-16(15)20-18/h8-9H,4-7,10H2,1-3H3,(H,19,20)(H,21,22). The predicted octanol–water partition coefficient (Wildman–Crippen LogP) is 2.67. The molecule has 0 amide bonds. The van der Waals surface area contributed by atoms with Crippen molar-refractivity contribution < 1.29 is 8.42 Å². The summed E-state index contributed by atoms with van der Waals surface area (Å²) in [5, 5.41) is 7.49. The van der Waals surface area contributed by atoms with Crippen LogP contribution >= 0.6 is 0 Å². The quantitative estimate of drug-likeness (QED) is 0.735. The van der Waals surface area contributed by atoms with Crippen LogP contribution < -0.4 is 0 Å². The van der Waals surface area contributed by atoms with E-state index in [1.54, 1.807) is 4.31 Å². The molecule has 3 heterocycles. The van der Waals surface area contributed by atoms with Crippen LogP contribution in [0.25, 0.3) is 22.6 Å². The minimum absolute atomic E-state index is 0.179. The van der Waals surface area contributed by atoms with Crippen LogP contribution in [0.5, 0.6) is 0 Å². The molecule has 2 aromatic heterocycles. The van der Waals surface area contributed by atoms with Gasteiger partial charge in [0, 0.05) is 30.8 Å². The Kier molecular flexibility index (Phi) is 4.11. The van der Waals surface area contributed by atoms with Gasteiger partial charge in [0.2, 0.25) is 10.0 Å². The summed E-state index contributed by atoms with van der Waals surface area (Å²) in [6.45, 7) is 6.86. The van der Waals surface area contributed by atoms with Crippen molar-refractivity contribution in [3.8, 4) is 11.5 Å². The van der Waals surface area contributed by atoms with E-state index in [2.05, 4.69) is 46.1 Å². The van der Waals surface area contributed by atoms with Gasteiger partial charge in [-0.2, -0.15) is 9.40 Å². The number of aryl methyl sites for hydroxylation is 2. The molecule has 1 aliphatic heterocycles. The minimum Gasteiger partial charge on any atom is -0.337 e. The lowest BCUT2D eigenvalue weighted by molar-refractivity contribution is 0.390. The summed E-state index contributed by atoms with van der Waals surface area (Å²) in [5.74, 6) is 0.857. The van der Waals surface area contributed by atoms with Crippen LogP contribution in [0.1, 0.15) is 35.7 Å². The Bertz CT molecular complexity index is 1040. The first-order valence-corrected chi connectivity index (χ1v) is 10.5. The van der Waals surface area contributed by atoms with Crippen LogP contribution in [0.4, 0.5) is 0 Å². The third-order valence-corrected chi connectivity index (χ3v) is 7.10. The lowest BCUT2D eigenvalue weighted by atomic mass is 10.1. The maximum Gasteiger partial charge on any atom is 0.214 e. The molecule has 1 aromatic carbocycles. The van der Waals surface area contributed by atoms with E-state index < -0.39 is 10.0 Å². The predicted molar refractivity (Wildman–Crippen MR) is 101 cm³/mol. The summed E-state index contributed by atoms with van der Waals surface area (Å²) in [6, 6.07) is 4.14. The summed E-state index contributed by atoms with van der Waals surface area (Å²) in [5.41, 5.74) is 6.88. The van der Waals surface area contributed by atoms with Crippen LogP contribution in [0.2, 0.25) is 0 Å². The Morgan fingerprint density at radius 3 is 2.77 bits per heavy atom. The van der Waals surface area contributed by atoms with E-state index in [1.807, 2.05) is 6.92 Å². The number of hydrogen-bond acceptors (Lipinski definition) is 4. The molecule has 138 valence electrons. The number of nitrogens with one attached hydrogen (secondary N) is 2. The fourth-order valence-corrected chi connectivity index (χ4v) is 4.94. The van der Waals surface area contributed by atoms with Crippen LogP contribution in [0.3, 0.4) is 0 Å². The minimum atomic E-state index is -3.23. The molecule has 0 aliphatic carbocycles. The molecule has 0 atom stereocenters. The SMILES string of the molecule is CCCS(=O)(=O)N1CCc2[nH]nc(-c3nc4cc(C)c(C)cc4[nH]3)c2C1. The second-order valence-electron chi connectivity index (χ2n) is 6.97. The fraction of sp³-hybridized carbons (Fsp3) is 0.444. The lowest BCUT2D eigenvalue weighted by Gasteiger charge is -2.26. The number of rotatable bonds is 4. The number of H-pyrrole nitrogens is 2. The fourth-order valence-electron chi connectivity index (χ4n) is 3.47. The first kappa shape index (κ1) is 17.2. The Labute approximate surface area is 152 Å². The summed E-state index contributed by atoms with van der Waals surface area (Å²) in [7, 11) is -3.23. The second kappa shape index (κ2) is 6.21. The Balaban J connectivity index is 1.74. The van der Waals surface area contributed by atoms with E-state index in [0.717, 1.165) is 22.3 Å². The number of benzene rings is 1. The number of fused-ring (bicyclic) bond motifs is 2. The first-order chi connectivity index (χ1) is 12.4. The van der Waals surface area contributed by atoms with Crippen LogP contribution in [0, 0.1) is 13.8 Å². The van der Waals surface area contributed by atoms with Crippen molar-refractivity contribution in [2.75, 3.05) is 12.3 Å². The molecule has 0 unspecified atom stereocenters. The zero-order valence-electron chi connectivity index (χ0n) is 15.3. The van der Waals surface area contributed by atoms with Crippen molar-refractivity contribution in [1.82, 2.24) is 24.5 Å². The van der Waals surface area contributed by atoms with Gasteiger partial charge in [-0.05, 0) is 43.5 Å². The van der Waals surface area contributed by atoms with Gasteiger partial charge in [-0.1, -0.05) is 6.92 Å². The van der Waals surface area contributed by atoms with Crippen LogP contribution in [-0.2, 0) is 23.0 Å². The molecule has 0 bridgehead atoms. The average Bonchev–Trinajstić information content (AvgIpc) is 3.18. The van der Waals surface area contributed by atoms with Crippen LogP contribution in [0.15, 0.2) is 12.1 Å². The number of hydrogen-bond donors (Lipinski definition) is 2. The molecule has 0 saturated heterocycles. The number of imidazole rings is 1. The van der Waals surface area contributed by atoms with Gasteiger partial charge in [0.25, 0.3) is 0 Å². The zero-order valence-corrected chi connectivity index (χ0v) is 16.1. The highest BCUT2D eigenvalue weighted by molar-refractivity contribution is 7.89. The van der Waals surface area contributed by atoms with Gasteiger partial charge in [0.1, 0.15) is 5.69 Å². The van der Waals surface area contributed by atoms with Gasteiger partial charge < -0.3 is 4.98 Å². The highest BCUT2D eigenvalue weighted by Crippen LogP contribution is 2.30. The summed E-state index contributed by atoms with van der Waals surface area (Å²) in [6.07, 6.45) is 1.26. The van der Waals surface area contributed by atoms with E-state index in [4.69, 9.17) is 0 Å². The highest BCUT2D eigenvalue weighted by atomic mass is 32.2. The lowest BCUT2D eigenvalue weighted by Crippen LogP contribution is -2.37. The van der Waals surface area contributed by atoms with Gasteiger partial charge >= 0.3 is 0 Å². The third-order valence-electron chi connectivity index (χ3n) is 5.08. The molecule has 8 heteroatoms. The van der Waals surface area contributed by atoms with E-state index in [1.165, 1.54) is 11.1 Å². The molecule has 2 N–H and O–H groups in total. The third kappa shape index (κ3) is 2.83. The zero-order chi connectivity index (χ0) is 18.5. The first-order valence-electron chi connectivity index (χ1n) is 8.90. The number of sulfonamides is 1. The largest absolute Gasteiger partial charge is 0.337 e. The number of aromatic amines is 2. The molecular weight excluding hydrogens is 350 g/mol. The monoisotopic (exact) mass is 373 g/mol. The molecule has 0 radical (unpaired) electrons. The Hall–Kier alpha value is -2.19. The molecular formula is C18H23N5O2S. The molecule has 0 saturated carbocycles. The van der Waals surface area contributed by atoms with E-state index in [-0.39, 0.29) is 5.75 Å². The van der Waals surface area contributed by atoms with Gasteiger partial charge in [0.15, 0.2) is 5.82 Å². The molecule has 26 heavy (non-hydrogen) atoms. The molecule has 3 aromatic rings. The van der Waals surface area contributed by atoms with Crippen molar-refractivity contribution in [3.63, 3.8) is 0 Å². The van der Waals surface area contributed by atoms with E-state index in [9.17, 15) is 8.42 Å². The molecule has 7 nitrogen and oxygen atoms in total. The number of aromatic nitrogens is 4. The van der Waals surface area contributed by atoms with Gasteiger partial charge in [0.05, 0.1) is 16.8 Å². The molecule has 1 aliphatic rings. The van der Waals surface area contributed by atoms with E-state index >= 15 is 0 Å². The van der Waals surface area contributed by atoms with Gasteiger partial charge in [-0.3, -0.25) is 5.10 Å². The normalized spacial score (nSPS) is 15.5. The summed E-state index contributed by atoms with van der Waals surface area (Å²) >= 11 is 0. The summed E-state index contributed by atoms with van der Waals surface area (Å²) in [4.78, 5) is 8.02. The summed E-state index contributed by atoms with van der Waals surface area (Å²) < 4.78 is 26.5.